The molecule has 0 unspecified atom stereocenters. The number of nitrogens with zero attached hydrogens (tertiary/aromatic N) is 1. The molecule has 2 aromatic carbocycles. The summed E-state index contributed by atoms with van der Waals surface area (Å²) in [6.45, 7) is 4.82. The Balaban J connectivity index is 2.09. The summed E-state index contributed by atoms with van der Waals surface area (Å²) in [6, 6.07) is 13.7. The fourth-order valence-corrected chi connectivity index (χ4v) is 4.32. The SMILES string of the molecule is CCCc1c(-c2ccccc2OC)c(C(N)=O)c(C)n1CCc1ccc(OC)c(OC)c1. The maximum atomic E-state index is 12.6. The Morgan fingerprint density at radius 1 is 0.938 bits per heavy atom. The number of primary amides is 1. The van der Waals surface area contributed by atoms with Gasteiger partial charge in [0, 0.05) is 29.1 Å². The van der Waals surface area contributed by atoms with Gasteiger partial charge in [-0.15, -0.1) is 0 Å². The average molecular weight is 437 g/mol. The molecule has 6 nitrogen and oxygen atoms in total. The van der Waals surface area contributed by atoms with Crippen molar-refractivity contribution in [2.24, 2.45) is 5.73 Å². The smallest absolute Gasteiger partial charge is 0.251 e. The van der Waals surface area contributed by atoms with Crippen LogP contribution in [0.4, 0.5) is 0 Å². The summed E-state index contributed by atoms with van der Waals surface area (Å²) in [4.78, 5) is 12.6. The van der Waals surface area contributed by atoms with Gasteiger partial charge in [0.05, 0.1) is 26.9 Å². The second-order valence-electron chi connectivity index (χ2n) is 7.69. The lowest BCUT2D eigenvalue weighted by molar-refractivity contribution is 0.1000. The third-order valence-corrected chi connectivity index (χ3v) is 5.81. The molecule has 0 bridgehead atoms. The number of rotatable bonds is 10. The van der Waals surface area contributed by atoms with Crippen LogP contribution in [0, 0.1) is 6.92 Å². The van der Waals surface area contributed by atoms with Crippen molar-refractivity contribution in [3.8, 4) is 28.4 Å². The highest BCUT2D eigenvalue weighted by molar-refractivity contribution is 6.03. The van der Waals surface area contributed by atoms with E-state index in [0.717, 1.165) is 53.1 Å². The first-order chi connectivity index (χ1) is 15.5. The quantitative estimate of drug-likeness (QED) is 0.496. The molecule has 6 heteroatoms. The monoisotopic (exact) mass is 436 g/mol. The summed E-state index contributed by atoms with van der Waals surface area (Å²) in [5.74, 6) is 1.71. The molecule has 0 aliphatic rings. The number of aromatic nitrogens is 1. The second-order valence-corrected chi connectivity index (χ2v) is 7.69. The Morgan fingerprint density at radius 3 is 2.25 bits per heavy atom. The van der Waals surface area contributed by atoms with Gasteiger partial charge in [-0.2, -0.15) is 0 Å². The van der Waals surface area contributed by atoms with Crippen LogP contribution in [-0.2, 0) is 19.4 Å². The van der Waals surface area contributed by atoms with Crippen LogP contribution in [0.15, 0.2) is 42.5 Å². The fraction of sp³-hybridized carbons (Fsp3) is 0.346. The Kier molecular flexibility index (Phi) is 7.46. The number of hydrogen-bond donors (Lipinski definition) is 1. The van der Waals surface area contributed by atoms with Gasteiger partial charge in [-0.25, -0.2) is 0 Å². The number of aryl methyl sites for hydroxylation is 1. The molecule has 170 valence electrons. The molecule has 0 aliphatic heterocycles. The van der Waals surface area contributed by atoms with Crippen LogP contribution in [0.3, 0.4) is 0 Å². The van der Waals surface area contributed by atoms with E-state index < -0.39 is 5.91 Å². The average Bonchev–Trinajstić information content (AvgIpc) is 3.08. The number of carbonyl (C=O) groups is 1. The Bertz CT molecular complexity index is 1100. The van der Waals surface area contributed by atoms with Gasteiger partial charge < -0.3 is 24.5 Å². The molecular weight excluding hydrogens is 404 g/mol. The number of benzene rings is 2. The van der Waals surface area contributed by atoms with E-state index in [0.29, 0.717) is 23.6 Å². The minimum atomic E-state index is -0.425. The van der Waals surface area contributed by atoms with Crippen LogP contribution in [0.5, 0.6) is 17.2 Å². The van der Waals surface area contributed by atoms with E-state index in [2.05, 4.69) is 11.5 Å². The molecule has 1 amide bonds. The van der Waals surface area contributed by atoms with Crippen LogP contribution in [0.25, 0.3) is 11.1 Å². The largest absolute Gasteiger partial charge is 0.496 e. The van der Waals surface area contributed by atoms with E-state index in [1.807, 2.05) is 49.4 Å². The molecule has 0 radical (unpaired) electrons. The highest BCUT2D eigenvalue weighted by atomic mass is 16.5. The van der Waals surface area contributed by atoms with Crippen LogP contribution in [-0.4, -0.2) is 31.8 Å². The van der Waals surface area contributed by atoms with Crippen molar-refractivity contribution in [1.29, 1.82) is 0 Å². The molecule has 32 heavy (non-hydrogen) atoms. The maximum absolute atomic E-state index is 12.6. The number of ether oxygens (including phenoxy) is 3. The van der Waals surface area contributed by atoms with Gasteiger partial charge in [0.15, 0.2) is 11.5 Å². The van der Waals surface area contributed by atoms with Crippen molar-refractivity contribution in [3.05, 3.63) is 65.0 Å². The van der Waals surface area contributed by atoms with Crippen molar-refractivity contribution in [3.63, 3.8) is 0 Å². The number of nitrogens with two attached hydrogens (primary N) is 1. The van der Waals surface area contributed by atoms with Gasteiger partial charge in [-0.1, -0.05) is 37.6 Å². The Morgan fingerprint density at radius 2 is 1.62 bits per heavy atom. The minimum Gasteiger partial charge on any atom is -0.496 e. The zero-order chi connectivity index (χ0) is 23.3. The highest BCUT2D eigenvalue weighted by Gasteiger charge is 2.26. The van der Waals surface area contributed by atoms with Crippen LogP contribution in [0.2, 0.25) is 0 Å². The molecule has 0 saturated carbocycles. The van der Waals surface area contributed by atoms with Gasteiger partial charge >= 0.3 is 0 Å². The molecule has 1 heterocycles. The third-order valence-electron chi connectivity index (χ3n) is 5.81. The first-order valence-electron chi connectivity index (χ1n) is 10.8. The number of carbonyl (C=O) groups excluding carboxylic acids is 1. The van der Waals surface area contributed by atoms with E-state index >= 15 is 0 Å². The molecule has 0 atom stereocenters. The van der Waals surface area contributed by atoms with E-state index in [1.165, 1.54) is 0 Å². The van der Waals surface area contributed by atoms with Gasteiger partial charge in [-0.05, 0) is 43.5 Å². The molecule has 1 aromatic heterocycles. The molecule has 0 aliphatic carbocycles. The molecule has 3 aromatic rings. The zero-order valence-corrected chi connectivity index (χ0v) is 19.5. The van der Waals surface area contributed by atoms with Crippen molar-refractivity contribution < 1.29 is 19.0 Å². The predicted octanol–water partition coefficient (Wildman–Crippen LogP) is 4.78. The molecular formula is C26H32N2O4. The molecule has 0 spiro atoms. The Labute approximate surface area is 189 Å². The summed E-state index contributed by atoms with van der Waals surface area (Å²) < 4.78 is 18.6. The second kappa shape index (κ2) is 10.3. The topological polar surface area (TPSA) is 75.7 Å². The van der Waals surface area contributed by atoms with Crippen LogP contribution >= 0.6 is 0 Å². The van der Waals surface area contributed by atoms with Gasteiger partial charge in [0.25, 0.3) is 5.91 Å². The molecule has 0 fully saturated rings. The molecule has 0 saturated heterocycles. The van der Waals surface area contributed by atoms with Crippen molar-refractivity contribution in [2.75, 3.05) is 21.3 Å². The van der Waals surface area contributed by atoms with Crippen LogP contribution in [0.1, 0.15) is 40.7 Å². The lowest BCUT2D eigenvalue weighted by Gasteiger charge is -2.15. The van der Waals surface area contributed by atoms with Crippen molar-refractivity contribution in [1.82, 2.24) is 4.57 Å². The maximum Gasteiger partial charge on any atom is 0.251 e. The number of methoxy groups -OCH3 is 3. The number of amides is 1. The van der Waals surface area contributed by atoms with Gasteiger partial charge in [0.2, 0.25) is 0 Å². The standard InChI is InChI=1S/C26H32N2O4/c1-6-9-20-25(19-10-7-8-11-21(19)30-3)24(26(27)29)17(2)28(20)15-14-18-12-13-22(31-4)23(16-18)32-5/h7-8,10-13,16H,6,9,14-15H2,1-5H3,(H2,27,29). The van der Waals surface area contributed by atoms with Crippen molar-refractivity contribution in [2.45, 2.75) is 39.7 Å². The lowest BCUT2D eigenvalue weighted by Crippen LogP contribution is -2.14. The summed E-state index contributed by atoms with van der Waals surface area (Å²) >= 11 is 0. The summed E-state index contributed by atoms with van der Waals surface area (Å²) in [6.07, 6.45) is 2.55. The van der Waals surface area contributed by atoms with E-state index in [1.54, 1.807) is 21.3 Å². The fourth-order valence-electron chi connectivity index (χ4n) is 4.32. The first kappa shape index (κ1) is 23.3. The van der Waals surface area contributed by atoms with E-state index in [4.69, 9.17) is 19.9 Å². The van der Waals surface area contributed by atoms with E-state index in [-0.39, 0.29) is 0 Å². The Hall–Kier alpha value is -3.41. The minimum absolute atomic E-state index is 0.425. The van der Waals surface area contributed by atoms with Crippen LogP contribution < -0.4 is 19.9 Å². The number of para-hydroxylation sites is 1. The molecule has 2 N–H and O–H groups in total. The van der Waals surface area contributed by atoms with Crippen molar-refractivity contribution >= 4 is 5.91 Å². The zero-order valence-electron chi connectivity index (χ0n) is 19.5. The van der Waals surface area contributed by atoms with Gasteiger partial charge in [0.1, 0.15) is 5.75 Å². The summed E-state index contributed by atoms with van der Waals surface area (Å²) in [5, 5.41) is 0. The molecule has 3 rings (SSSR count). The highest BCUT2D eigenvalue weighted by Crippen LogP contribution is 2.39. The van der Waals surface area contributed by atoms with E-state index in [9.17, 15) is 4.79 Å². The van der Waals surface area contributed by atoms with Gasteiger partial charge in [-0.3, -0.25) is 4.79 Å². The lowest BCUT2D eigenvalue weighted by atomic mass is 9.97. The number of hydrogen-bond acceptors (Lipinski definition) is 4. The summed E-state index contributed by atoms with van der Waals surface area (Å²) in [7, 11) is 4.90. The third kappa shape index (κ3) is 4.44. The first-order valence-corrected chi connectivity index (χ1v) is 10.8. The normalized spacial score (nSPS) is 10.8. The predicted molar refractivity (Wildman–Crippen MR) is 127 cm³/mol. The summed E-state index contributed by atoms with van der Waals surface area (Å²) in [5.41, 5.74) is 11.3.